The van der Waals surface area contributed by atoms with E-state index in [2.05, 4.69) is 36.1 Å². The lowest BCUT2D eigenvalue weighted by Crippen LogP contribution is -2.28. The van der Waals surface area contributed by atoms with Crippen LogP contribution >= 0.6 is 0 Å². The number of rotatable bonds is 6. The standard InChI is InChI=1S/C23H27N9O/c1-32-20(29-30-31-32)14-5-4-6-15(11-14)26-19-16(18(24)33)13-25-21(28-19)27-17-12-23(17)8-3-2-7-22(23)9-10-22/h4-6,11,13,17H,2-3,7-10,12H2,1H3,(H2,24,33)(H2,25,26,27,28)/t17-,23?/m0/s1. The summed E-state index contributed by atoms with van der Waals surface area (Å²) in [5, 5.41) is 18.4. The van der Waals surface area contributed by atoms with Crippen molar-refractivity contribution in [2.75, 3.05) is 10.6 Å². The van der Waals surface area contributed by atoms with E-state index in [1.54, 1.807) is 11.7 Å². The fourth-order valence-electron chi connectivity index (χ4n) is 5.90. The topological polar surface area (TPSA) is 137 Å². The molecule has 3 saturated carbocycles. The van der Waals surface area contributed by atoms with E-state index >= 15 is 0 Å². The Hall–Kier alpha value is -3.56. The second-order valence-electron chi connectivity index (χ2n) is 9.70. The van der Waals surface area contributed by atoms with Crippen molar-refractivity contribution >= 4 is 23.4 Å². The number of nitrogens with two attached hydrogens (primary N) is 1. The van der Waals surface area contributed by atoms with Crippen molar-refractivity contribution in [1.82, 2.24) is 30.2 Å². The van der Waals surface area contributed by atoms with Gasteiger partial charge in [0, 0.05) is 30.5 Å². The quantitative estimate of drug-likeness (QED) is 0.527. The lowest BCUT2D eigenvalue weighted by Gasteiger charge is -2.33. The molecule has 2 heterocycles. The molecule has 33 heavy (non-hydrogen) atoms. The summed E-state index contributed by atoms with van der Waals surface area (Å²) in [6, 6.07) is 8.01. The van der Waals surface area contributed by atoms with E-state index < -0.39 is 5.91 Å². The van der Waals surface area contributed by atoms with Gasteiger partial charge in [-0.05, 0) is 65.5 Å². The first-order valence-electron chi connectivity index (χ1n) is 11.5. The van der Waals surface area contributed by atoms with Gasteiger partial charge in [0.15, 0.2) is 5.82 Å². The molecule has 2 aromatic heterocycles. The number of tetrazole rings is 1. The van der Waals surface area contributed by atoms with E-state index in [1.807, 2.05) is 24.3 Å². The Labute approximate surface area is 191 Å². The normalized spacial score (nSPS) is 24.6. The number of aromatic nitrogens is 6. The number of nitrogens with zero attached hydrogens (tertiary/aromatic N) is 6. The Morgan fingerprint density at radius 3 is 2.82 bits per heavy atom. The zero-order chi connectivity index (χ0) is 22.6. The average Bonchev–Trinajstić information content (AvgIpc) is 3.67. The minimum Gasteiger partial charge on any atom is -0.365 e. The number of aryl methyl sites for hydroxylation is 1. The van der Waals surface area contributed by atoms with Gasteiger partial charge in [0.05, 0.1) is 0 Å². The second-order valence-corrected chi connectivity index (χ2v) is 9.70. The van der Waals surface area contributed by atoms with Gasteiger partial charge in [0.1, 0.15) is 11.4 Å². The van der Waals surface area contributed by atoms with Gasteiger partial charge in [-0.3, -0.25) is 4.79 Å². The fourth-order valence-corrected chi connectivity index (χ4v) is 5.90. The molecule has 3 fully saturated rings. The molecule has 1 unspecified atom stereocenters. The molecule has 0 saturated heterocycles. The van der Waals surface area contributed by atoms with Gasteiger partial charge in [0.2, 0.25) is 5.95 Å². The van der Waals surface area contributed by atoms with E-state index in [0.29, 0.717) is 34.5 Å². The summed E-state index contributed by atoms with van der Waals surface area (Å²) in [6.07, 6.45) is 10.7. The zero-order valence-corrected chi connectivity index (χ0v) is 18.6. The molecule has 10 heteroatoms. The van der Waals surface area contributed by atoms with Crippen LogP contribution in [-0.4, -0.2) is 42.1 Å². The fraction of sp³-hybridized carbons (Fsp3) is 0.478. The monoisotopic (exact) mass is 445 g/mol. The highest BCUT2D eigenvalue weighted by molar-refractivity contribution is 5.98. The van der Waals surface area contributed by atoms with Gasteiger partial charge in [-0.25, -0.2) is 9.67 Å². The first kappa shape index (κ1) is 20.1. The summed E-state index contributed by atoms with van der Waals surface area (Å²) in [7, 11) is 1.78. The Morgan fingerprint density at radius 1 is 1.21 bits per heavy atom. The maximum atomic E-state index is 12.0. The maximum Gasteiger partial charge on any atom is 0.254 e. The summed E-state index contributed by atoms with van der Waals surface area (Å²) in [6.45, 7) is 0. The molecule has 170 valence electrons. The predicted molar refractivity (Wildman–Crippen MR) is 123 cm³/mol. The molecule has 3 aliphatic carbocycles. The molecule has 2 spiro atoms. The third kappa shape index (κ3) is 3.32. The molecule has 0 bridgehead atoms. The molecule has 4 N–H and O–H groups in total. The molecular weight excluding hydrogens is 418 g/mol. The molecule has 2 atom stereocenters. The molecule has 3 aromatic rings. The van der Waals surface area contributed by atoms with Crippen LogP contribution < -0.4 is 16.4 Å². The van der Waals surface area contributed by atoms with Gasteiger partial charge >= 0.3 is 0 Å². The van der Waals surface area contributed by atoms with Crippen LogP contribution in [0, 0.1) is 10.8 Å². The van der Waals surface area contributed by atoms with Gasteiger partial charge in [-0.2, -0.15) is 4.98 Å². The van der Waals surface area contributed by atoms with Gasteiger partial charge in [0.25, 0.3) is 5.91 Å². The molecule has 6 rings (SSSR count). The van der Waals surface area contributed by atoms with Crippen LogP contribution in [0.25, 0.3) is 11.4 Å². The van der Waals surface area contributed by atoms with Crippen LogP contribution in [0.1, 0.15) is 55.3 Å². The number of carbonyl (C=O) groups excluding carboxylic acids is 1. The molecule has 0 aliphatic heterocycles. The van der Waals surface area contributed by atoms with E-state index in [0.717, 1.165) is 11.3 Å². The van der Waals surface area contributed by atoms with Gasteiger partial charge in [-0.1, -0.05) is 25.0 Å². The van der Waals surface area contributed by atoms with E-state index in [-0.39, 0.29) is 5.56 Å². The van der Waals surface area contributed by atoms with Crippen LogP contribution in [-0.2, 0) is 7.05 Å². The number of benzene rings is 1. The number of fused-ring (bicyclic) bond motifs is 1. The van der Waals surface area contributed by atoms with Crippen molar-refractivity contribution in [1.29, 1.82) is 0 Å². The minimum atomic E-state index is -0.579. The molecule has 0 radical (unpaired) electrons. The van der Waals surface area contributed by atoms with Crippen molar-refractivity contribution in [3.05, 3.63) is 36.0 Å². The van der Waals surface area contributed by atoms with Crippen LogP contribution in [0.3, 0.4) is 0 Å². The van der Waals surface area contributed by atoms with Crippen molar-refractivity contribution < 1.29 is 4.79 Å². The summed E-state index contributed by atoms with van der Waals surface area (Å²) < 4.78 is 1.60. The first-order valence-corrected chi connectivity index (χ1v) is 11.5. The minimum absolute atomic E-state index is 0.244. The number of nitrogens with one attached hydrogen (secondary N) is 2. The number of hydrogen-bond acceptors (Lipinski definition) is 8. The van der Waals surface area contributed by atoms with Crippen LogP contribution in [0.4, 0.5) is 17.5 Å². The van der Waals surface area contributed by atoms with E-state index in [4.69, 9.17) is 5.73 Å². The Balaban J connectivity index is 1.25. The van der Waals surface area contributed by atoms with Gasteiger partial charge < -0.3 is 16.4 Å². The molecular formula is C23H27N9O. The highest BCUT2D eigenvalue weighted by Gasteiger charge is 2.71. The lowest BCUT2D eigenvalue weighted by molar-refractivity contribution is 0.100. The summed E-state index contributed by atoms with van der Waals surface area (Å²) >= 11 is 0. The van der Waals surface area contributed by atoms with Crippen LogP contribution in [0.15, 0.2) is 30.5 Å². The second kappa shape index (κ2) is 7.23. The SMILES string of the molecule is Cn1nnnc1-c1cccc(Nc2nc(N[C@H]3CC34CCCCC43CC3)ncc2C(N)=O)c1. The number of amides is 1. The smallest absolute Gasteiger partial charge is 0.254 e. The maximum absolute atomic E-state index is 12.0. The highest BCUT2D eigenvalue weighted by Crippen LogP contribution is 2.76. The van der Waals surface area contributed by atoms with Crippen molar-refractivity contribution in [2.24, 2.45) is 23.6 Å². The van der Waals surface area contributed by atoms with E-state index in [1.165, 1.54) is 51.1 Å². The summed E-state index contributed by atoms with van der Waals surface area (Å²) in [5.74, 6) is 0.969. The van der Waals surface area contributed by atoms with Crippen molar-refractivity contribution in [3.8, 4) is 11.4 Å². The van der Waals surface area contributed by atoms with E-state index in [9.17, 15) is 4.79 Å². The Kier molecular flexibility index (Phi) is 4.40. The summed E-state index contributed by atoms with van der Waals surface area (Å²) in [4.78, 5) is 21.1. The summed E-state index contributed by atoms with van der Waals surface area (Å²) in [5.41, 5.74) is 8.39. The molecule has 3 aliphatic rings. The predicted octanol–water partition coefficient (Wildman–Crippen LogP) is 3.03. The highest BCUT2D eigenvalue weighted by atomic mass is 16.1. The Morgan fingerprint density at radius 2 is 2.06 bits per heavy atom. The zero-order valence-electron chi connectivity index (χ0n) is 18.6. The van der Waals surface area contributed by atoms with Crippen LogP contribution in [0.2, 0.25) is 0 Å². The molecule has 1 amide bonds. The first-order chi connectivity index (χ1) is 16.0. The number of hydrogen-bond donors (Lipinski definition) is 3. The average molecular weight is 446 g/mol. The lowest BCUT2D eigenvalue weighted by atomic mass is 9.73. The number of anilines is 3. The molecule has 1 aromatic carbocycles. The number of primary amides is 1. The van der Waals surface area contributed by atoms with Crippen LogP contribution in [0.5, 0.6) is 0 Å². The third-order valence-electron chi connectivity index (χ3n) is 7.87. The Bertz CT molecular complexity index is 1230. The van der Waals surface area contributed by atoms with Crippen molar-refractivity contribution in [2.45, 2.75) is 51.0 Å². The van der Waals surface area contributed by atoms with Gasteiger partial charge in [-0.15, -0.1) is 5.10 Å². The third-order valence-corrected chi connectivity index (χ3v) is 7.87. The molecule has 10 nitrogen and oxygen atoms in total. The number of carbonyl (C=O) groups is 1. The van der Waals surface area contributed by atoms with Crippen molar-refractivity contribution in [3.63, 3.8) is 0 Å². The largest absolute Gasteiger partial charge is 0.365 e.